The highest BCUT2D eigenvalue weighted by atomic mass is 19.1. The van der Waals surface area contributed by atoms with Gasteiger partial charge in [-0.25, -0.2) is 9.18 Å². The Morgan fingerprint density at radius 1 is 1.07 bits per heavy atom. The second-order valence-corrected chi connectivity index (χ2v) is 7.44. The summed E-state index contributed by atoms with van der Waals surface area (Å²) in [6.45, 7) is 0. The quantitative estimate of drug-likeness (QED) is 0.702. The first kappa shape index (κ1) is 21.6. The molecule has 7 heteroatoms. The molecule has 2 aromatic rings. The van der Waals surface area contributed by atoms with Crippen LogP contribution in [0.2, 0.25) is 0 Å². The molecule has 160 valence electrons. The normalized spacial score (nSPS) is 18.3. The van der Waals surface area contributed by atoms with Crippen LogP contribution >= 0.6 is 0 Å². The van der Waals surface area contributed by atoms with Gasteiger partial charge in [-0.15, -0.1) is 0 Å². The lowest BCUT2D eigenvalue weighted by molar-refractivity contribution is -0.122. The van der Waals surface area contributed by atoms with E-state index in [9.17, 15) is 14.0 Å². The van der Waals surface area contributed by atoms with E-state index in [4.69, 9.17) is 9.47 Å². The number of ether oxygens (including phenoxy) is 2. The largest absolute Gasteiger partial charge is 0.497 e. The van der Waals surface area contributed by atoms with Crippen molar-refractivity contribution in [1.29, 1.82) is 0 Å². The van der Waals surface area contributed by atoms with Crippen molar-refractivity contribution in [3.63, 3.8) is 0 Å². The molecule has 0 aromatic heterocycles. The first-order valence-electron chi connectivity index (χ1n) is 10.2. The number of carbonyl (C=O) groups is 2. The van der Waals surface area contributed by atoms with Gasteiger partial charge in [-0.1, -0.05) is 12.1 Å². The molecule has 0 bridgehead atoms. The Morgan fingerprint density at radius 2 is 1.80 bits per heavy atom. The molecule has 6 nitrogen and oxygen atoms in total. The molecule has 1 saturated carbocycles. The Labute approximate surface area is 175 Å². The van der Waals surface area contributed by atoms with Gasteiger partial charge in [0, 0.05) is 24.6 Å². The zero-order valence-corrected chi connectivity index (χ0v) is 17.0. The summed E-state index contributed by atoms with van der Waals surface area (Å²) in [5, 5.41) is 5.65. The summed E-state index contributed by atoms with van der Waals surface area (Å²) in [6.07, 6.45) is 3.32. The summed E-state index contributed by atoms with van der Waals surface area (Å²) >= 11 is 0. The van der Waals surface area contributed by atoms with Gasteiger partial charge in [-0.3, -0.25) is 10.1 Å². The van der Waals surface area contributed by atoms with Crippen molar-refractivity contribution in [1.82, 2.24) is 5.32 Å². The Bertz CT molecular complexity index is 839. The van der Waals surface area contributed by atoms with Gasteiger partial charge in [0.2, 0.25) is 5.91 Å². The molecule has 2 N–H and O–H groups in total. The summed E-state index contributed by atoms with van der Waals surface area (Å²) in [5.74, 6) is 0.416. The van der Waals surface area contributed by atoms with Gasteiger partial charge >= 0.3 is 6.09 Å². The van der Waals surface area contributed by atoms with Crippen LogP contribution in [0.3, 0.4) is 0 Å². The third-order valence-corrected chi connectivity index (χ3v) is 5.16. The van der Waals surface area contributed by atoms with Crippen LogP contribution in [0.15, 0.2) is 48.5 Å². The van der Waals surface area contributed by atoms with Crippen molar-refractivity contribution in [2.45, 2.75) is 50.7 Å². The van der Waals surface area contributed by atoms with Crippen molar-refractivity contribution in [3.05, 3.63) is 59.9 Å². The van der Waals surface area contributed by atoms with Gasteiger partial charge in [0.05, 0.1) is 7.11 Å². The number of amides is 2. The lowest BCUT2D eigenvalue weighted by Gasteiger charge is -2.29. The van der Waals surface area contributed by atoms with E-state index in [2.05, 4.69) is 10.6 Å². The SMILES string of the molecule is COc1ccc(CCC(=O)N[C@@H]2CCC[C@@H](OC(=O)Nc3ccc(F)cc3)C2)cc1. The molecule has 1 aliphatic carbocycles. The number of halogens is 1. The van der Waals surface area contributed by atoms with Gasteiger partial charge < -0.3 is 14.8 Å². The van der Waals surface area contributed by atoms with E-state index in [1.165, 1.54) is 24.3 Å². The Morgan fingerprint density at radius 3 is 2.50 bits per heavy atom. The van der Waals surface area contributed by atoms with Crippen molar-refractivity contribution < 1.29 is 23.5 Å². The van der Waals surface area contributed by atoms with Crippen LogP contribution in [-0.2, 0) is 16.0 Å². The van der Waals surface area contributed by atoms with Gasteiger partial charge in [0.15, 0.2) is 0 Å². The van der Waals surface area contributed by atoms with Crippen LogP contribution in [-0.4, -0.2) is 31.3 Å². The fraction of sp³-hybridized carbons (Fsp3) is 0.391. The van der Waals surface area contributed by atoms with Crippen LogP contribution in [0.5, 0.6) is 5.75 Å². The minimum Gasteiger partial charge on any atom is -0.497 e. The van der Waals surface area contributed by atoms with Crippen molar-refractivity contribution in [3.8, 4) is 5.75 Å². The fourth-order valence-corrected chi connectivity index (χ4v) is 3.56. The number of anilines is 1. The second-order valence-electron chi connectivity index (χ2n) is 7.44. The molecule has 0 heterocycles. The second kappa shape index (κ2) is 10.6. The number of hydrogen-bond acceptors (Lipinski definition) is 4. The van der Waals surface area contributed by atoms with E-state index in [0.29, 0.717) is 24.9 Å². The third-order valence-electron chi connectivity index (χ3n) is 5.16. The summed E-state index contributed by atoms with van der Waals surface area (Å²) in [5.41, 5.74) is 1.55. The molecule has 30 heavy (non-hydrogen) atoms. The maximum Gasteiger partial charge on any atom is 0.411 e. The van der Waals surface area contributed by atoms with E-state index >= 15 is 0 Å². The van der Waals surface area contributed by atoms with Crippen molar-refractivity contribution in [2.75, 3.05) is 12.4 Å². The molecular formula is C23H27FN2O4. The molecule has 1 aliphatic rings. The average molecular weight is 414 g/mol. The van der Waals surface area contributed by atoms with E-state index in [0.717, 1.165) is 30.6 Å². The highest BCUT2D eigenvalue weighted by molar-refractivity contribution is 5.84. The monoisotopic (exact) mass is 414 g/mol. The lowest BCUT2D eigenvalue weighted by Crippen LogP contribution is -2.41. The topological polar surface area (TPSA) is 76.7 Å². The van der Waals surface area contributed by atoms with Crippen LogP contribution in [0.4, 0.5) is 14.9 Å². The fourth-order valence-electron chi connectivity index (χ4n) is 3.56. The number of hydrogen-bond donors (Lipinski definition) is 2. The highest BCUT2D eigenvalue weighted by Gasteiger charge is 2.26. The number of methoxy groups -OCH3 is 1. The van der Waals surface area contributed by atoms with Crippen molar-refractivity contribution in [2.24, 2.45) is 0 Å². The number of carbonyl (C=O) groups excluding carboxylic acids is 2. The van der Waals surface area contributed by atoms with Gasteiger partial charge in [-0.05, 0) is 67.6 Å². The lowest BCUT2D eigenvalue weighted by atomic mass is 9.92. The number of benzene rings is 2. The first-order valence-corrected chi connectivity index (χ1v) is 10.2. The molecule has 2 atom stereocenters. The maximum absolute atomic E-state index is 12.9. The number of rotatable bonds is 7. The number of aryl methyl sites for hydroxylation is 1. The van der Waals surface area contributed by atoms with Gasteiger partial charge in [-0.2, -0.15) is 0 Å². The number of nitrogens with one attached hydrogen (secondary N) is 2. The predicted molar refractivity (Wildman–Crippen MR) is 112 cm³/mol. The molecule has 2 aromatic carbocycles. The molecule has 1 fully saturated rings. The molecule has 0 radical (unpaired) electrons. The molecule has 0 unspecified atom stereocenters. The smallest absolute Gasteiger partial charge is 0.411 e. The molecule has 0 saturated heterocycles. The molecule has 2 amide bonds. The zero-order valence-electron chi connectivity index (χ0n) is 17.0. The molecule has 3 rings (SSSR count). The van der Waals surface area contributed by atoms with Crippen LogP contribution < -0.4 is 15.4 Å². The molecular weight excluding hydrogens is 387 g/mol. The summed E-state index contributed by atoms with van der Waals surface area (Å²) < 4.78 is 23.6. The highest BCUT2D eigenvalue weighted by Crippen LogP contribution is 2.22. The van der Waals surface area contributed by atoms with Crippen LogP contribution in [0, 0.1) is 5.82 Å². The Kier molecular flexibility index (Phi) is 7.65. The molecule has 0 spiro atoms. The van der Waals surface area contributed by atoms with E-state index in [1.807, 2.05) is 24.3 Å². The van der Waals surface area contributed by atoms with Crippen LogP contribution in [0.1, 0.15) is 37.7 Å². The predicted octanol–water partition coefficient (Wildman–Crippen LogP) is 4.44. The molecule has 0 aliphatic heterocycles. The summed E-state index contributed by atoms with van der Waals surface area (Å²) in [4.78, 5) is 24.4. The van der Waals surface area contributed by atoms with Crippen molar-refractivity contribution >= 4 is 17.7 Å². The zero-order chi connectivity index (χ0) is 21.3. The Hall–Kier alpha value is -3.09. The maximum atomic E-state index is 12.9. The minimum absolute atomic E-state index is 0.00719. The van der Waals surface area contributed by atoms with E-state index in [-0.39, 0.29) is 23.9 Å². The third kappa shape index (κ3) is 6.76. The standard InChI is InChI=1S/C23H27FN2O4/c1-29-20-12-5-16(6-13-20)7-14-22(27)25-19-3-2-4-21(15-19)30-23(28)26-18-10-8-17(24)9-11-18/h5-6,8-13,19,21H,2-4,7,14-15H2,1H3,(H,25,27)(H,26,28)/t19-,21-/m1/s1. The van der Waals surface area contributed by atoms with Crippen LogP contribution in [0.25, 0.3) is 0 Å². The first-order chi connectivity index (χ1) is 14.5. The van der Waals surface area contributed by atoms with Gasteiger partial charge in [0.1, 0.15) is 17.7 Å². The average Bonchev–Trinajstić information content (AvgIpc) is 2.74. The van der Waals surface area contributed by atoms with E-state index in [1.54, 1.807) is 7.11 Å². The van der Waals surface area contributed by atoms with Gasteiger partial charge in [0.25, 0.3) is 0 Å². The minimum atomic E-state index is -0.571. The van der Waals surface area contributed by atoms with E-state index < -0.39 is 6.09 Å². The Balaban J connectivity index is 1.40. The summed E-state index contributed by atoms with van der Waals surface area (Å²) in [6, 6.07) is 13.2. The summed E-state index contributed by atoms with van der Waals surface area (Å²) in [7, 11) is 1.62.